The van der Waals surface area contributed by atoms with E-state index >= 15 is 0 Å². The molecule has 1 unspecified atom stereocenters. The molecule has 0 radical (unpaired) electrons. The van der Waals surface area contributed by atoms with Crippen LogP contribution in [0.2, 0.25) is 5.02 Å². The first-order valence-corrected chi connectivity index (χ1v) is 8.50. The maximum Gasteiger partial charge on any atom is 0.280 e. The highest BCUT2D eigenvalue weighted by molar-refractivity contribution is 6.30. The number of halogens is 1. The minimum Gasteiger partial charge on any atom is -0.504 e. The normalized spacial score (nSPS) is 12.0. The standard InChI is InChI=1S/C19H21ClN2O4/c1-4-25-18-10-14(5-7-16(18)23)11-21-22-19(24)13(3)26-17-8-6-15(20)9-12(17)2/h5-11,13,23H,4H2,1-3H3,(H,22,24)/b21-11+. The summed E-state index contributed by atoms with van der Waals surface area (Å²) < 4.78 is 10.9. The number of hydrogen-bond acceptors (Lipinski definition) is 5. The lowest BCUT2D eigenvalue weighted by Crippen LogP contribution is -2.33. The quantitative estimate of drug-likeness (QED) is 0.570. The van der Waals surface area contributed by atoms with Gasteiger partial charge in [0.05, 0.1) is 12.8 Å². The number of nitrogens with zero attached hydrogens (tertiary/aromatic N) is 1. The van der Waals surface area contributed by atoms with Crippen LogP contribution in [0.3, 0.4) is 0 Å². The third kappa shape index (κ3) is 5.39. The number of hydrogen-bond donors (Lipinski definition) is 2. The molecule has 2 aromatic rings. The number of nitrogens with one attached hydrogen (secondary N) is 1. The summed E-state index contributed by atoms with van der Waals surface area (Å²) in [4.78, 5) is 12.1. The monoisotopic (exact) mass is 376 g/mol. The number of carbonyl (C=O) groups is 1. The second kappa shape index (κ2) is 9.10. The van der Waals surface area contributed by atoms with E-state index in [1.807, 2.05) is 13.8 Å². The molecule has 0 aliphatic rings. The van der Waals surface area contributed by atoms with Crippen LogP contribution in [-0.2, 0) is 4.79 Å². The van der Waals surface area contributed by atoms with Gasteiger partial charge in [-0.25, -0.2) is 5.43 Å². The number of carbonyl (C=O) groups excluding carboxylic acids is 1. The van der Waals surface area contributed by atoms with Crippen LogP contribution < -0.4 is 14.9 Å². The van der Waals surface area contributed by atoms with Crippen molar-refractivity contribution in [1.82, 2.24) is 5.43 Å². The van der Waals surface area contributed by atoms with Crippen LogP contribution in [-0.4, -0.2) is 29.9 Å². The molecule has 6 nitrogen and oxygen atoms in total. The van der Waals surface area contributed by atoms with Crippen LogP contribution in [0.15, 0.2) is 41.5 Å². The highest BCUT2D eigenvalue weighted by Crippen LogP contribution is 2.26. The Morgan fingerprint density at radius 3 is 2.77 bits per heavy atom. The lowest BCUT2D eigenvalue weighted by Gasteiger charge is -2.14. The molecule has 138 valence electrons. The van der Waals surface area contributed by atoms with E-state index in [2.05, 4.69) is 10.5 Å². The minimum atomic E-state index is -0.731. The molecule has 2 rings (SSSR count). The smallest absolute Gasteiger partial charge is 0.280 e. The van der Waals surface area contributed by atoms with Crippen LogP contribution in [0.25, 0.3) is 0 Å². The fourth-order valence-electron chi connectivity index (χ4n) is 2.13. The van der Waals surface area contributed by atoms with Crippen molar-refractivity contribution in [2.45, 2.75) is 26.9 Å². The van der Waals surface area contributed by atoms with Gasteiger partial charge in [0, 0.05) is 5.02 Å². The summed E-state index contributed by atoms with van der Waals surface area (Å²) in [5.74, 6) is 0.603. The Hall–Kier alpha value is -2.73. The number of rotatable bonds is 7. The summed E-state index contributed by atoms with van der Waals surface area (Å²) in [6.45, 7) is 5.74. The highest BCUT2D eigenvalue weighted by Gasteiger charge is 2.15. The highest BCUT2D eigenvalue weighted by atomic mass is 35.5. The van der Waals surface area contributed by atoms with E-state index in [0.717, 1.165) is 5.56 Å². The summed E-state index contributed by atoms with van der Waals surface area (Å²) in [5, 5.41) is 14.2. The van der Waals surface area contributed by atoms with Crippen molar-refractivity contribution in [3.8, 4) is 17.2 Å². The molecule has 0 aliphatic heterocycles. The van der Waals surface area contributed by atoms with Gasteiger partial charge in [-0.3, -0.25) is 4.79 Å². The van der Waals surface area contributed by atoms with Crippen molar-refractivity contribution in [3.63, 3.8) is 0 Å². The summed E-state index contributed by atoms with van der Waals surface area (Å²) in [7, 11) is 0. The lowest BCUT2D eigenvalue weighted by molar-refractivity contribution is -0.127. The zero-order chi connectivity index (χ0) is 19.1. The predicted octanol–water partition coefficient (Wildman–Crippen LogP) is 3.67. The Kier molecular flexibility index (Phi) is 6.86. The van der Waals surface area contributed by atoms with E-state index in [1.165, 1.54) is 12.3 Å². The zero-order valence-corrected chi connectivity index (χ0v) is 15.6. The van der Waals surface area contributed by atoms with Crippen molar-refractivity contribution in [2.24, 2.45) is 5.10 Å². The van der Waals surface area contributed by atoms with Crippen molar-refractivity contribution in [1.29, 1.82) is 0 Å². The van der Waals surface area contributed by atoms with Gasteiger partial charge in [-0.15, -0.1) is 0 Å². The van der Waals surface area contributed by atoms with E-state index < -0.39 is 6.10 Å². The molecule has 26 heavy (non-hydrogen) atoms. The number of hydrazone groups is 1. The van der Waals surface area contributed by atoms with Crippen molar-refractivity contribution >= 4 is 23.7 Å². The lowest BCUT2D eigenvalue weighted by atomic mass is 10.2. The fourth-order valence-corrected chi connectivity index (χ4v) is 2.36. The molecule has 0 aliphatic carbocycles. The molecular formula is C19H21ClN2O4. The summed E-state index contributed by atoms with van der Waals surface area (Å²) in [6.07, 6.45) is 0.728. The first-order valence-electron chi connectivity index (χ1n) is 8.12. The molecule has 1 atom stereocenters. The SMILES string of the molecule is CCOc1cc(/C=N/NC(=O)C(C)Oc2ccc(Cl)cc2C)ccc1O. The number of phenolic OH excluding ortho intramolecular Hbond substituents is 1. The Bertz CT molecular complexity index is 808. The number of amides is 1. The van der Waals surface area contributed by atoms with E-state index in [0.29, 0.717) is 28.7 Å². The van der Waals surface area contributed by atoms with Gasteiger partial charge in [0.25, 0.3) is 5.91 Å². The molecule has 0 bridgehead atoms. The minimum absolute atomic E-state index is 0.0494. The van der Waals surface area contributed by atoms with Gasteiger partial charge >= 0.3 is 0 Å². The van der Waals surface area contributed by atoms with Crippen LogP contribution in [0, 0.1) is 6.92 Å². The number of phenols is 1. The van der Waals surface area contributed by atoms with Gasteiger partial charge in [0.15, 0.2) is 17.6 Å². The fraction of sp³-hybridized carbons (Fsp3) is 0.263. The maximum atomic E-state index is 12.1. The van der Waals surface area contributed by atoms with Crippen LogP contribution in [0.4, 0.5) is 0 Å². The molecule has 1 amide bonds. The van der Waals surface area contributed by atoms with E-state index in [4.69, 9.17) is 21.1 Å². The first kappa shape index (κ1) is 19.6. The third-order valence-electron chi connectivity index (χ3n) is 3.48. The number of aromatic hydroxyl groups is 1. The van der Waals surface area contributed by atoms with Crippen molar-refractivity contribution < 1.29 is 19.4 Å². The molecule has 7 heteroatoms. The van der Waals surface area contributed by atoms with E-state index in [1.54, 1.807) is 37.3 Å². The first-order chi connectivity index (χ1) is 12.4. The van der Waals surface area contributed by atoms with Gasteiger partial charge in [0.2, 0.25) is 0 Å². The molecular weight excluding hydrogens is 356 g/mol. The van der Waals surface area contributed by atoms with Gasteiger partial charge < -0.3 is 14.6 Å². The number of benzene rings is 2. The summed E-state index contributed by atoms with van der Waals surface area (Å²) >= 11 is 5.90. The molecule has 2 aromatic carbocycles. The maximum absolute atomic E-state index is 12.1. The predicted molar refractivity (Wildman–Crippen MR) is 101 cm³/mol. The Balaban J connectivity index is 1.94. The molecule has 0 saturated heterocycles. The number of aryl methyl sites for hydroxylation is 1. The Labute approximate surface area is 157 Å². The van der Waals surface area contributed by atoms with Gasteiger partial charge in [-0.1, -0.05) is 11.6 Å². The number of ether oxygens (including phenoxy) is 2. The topological polar surface area (TPSA) is 80.2 Å². The average Bonchev–Trinajstić information content (AvgIpc) is 2.60. The molecule has 0 heterocycles. The van der Waals surface area contributed by atoms with Crippen molar-refractivity contribution in [2.75, 3.05) is 6.61 Å². The third-order valence-corrected chi connectivity index (χ3v) is 3.72. The van der Waals surface area contributed by atoms with Crippen molar-refractivity contribution in [3.05, 3.63) is 52.5 Å². The van der Waals surface area contributed by atoms with E-state index in [-0.39, 0.29) is 11.7 Å². The average molecular weight is 377 g/mol. The van der Waals surface area contributed by atoms with Crippen LogP contribution in [0.1, 0.15) is 25.0 Å². The molecule has 0 fully saturated rings. The Morgan fingerprint density at radius 2 is 2.08 bits per heavy atom. The molecule has 2 N–H and O–H groups in total. The molecule has 0 spiro atoms. The van der Waals surface area contributed by atoms with Gasteiger partial charge in [-0.05, 0) is 68.3 Å². The van der Waals surface area contributed by atoms with E-state index in [9.17, 15) is 9.90 Å². The van der Waals surface area contributed by atoms with Gasteiger partial charge in [0.1, 0.15) is 5.75 Å². The Morgan fingerprint density at radius 1 is 1.31 bits per heavy atom. The van der Waals surface area contributed by atoms with Crippen LogP contribution >= 0.6 is 11.6 Å². The van der Waals surface area contributed by atoms with Gasteiger partial charge in [-0.2, -0.15) is 5.10 Å². The summed E-state index contributed by atoms with van der Waals surface area (Å²) in [6, 6.07) is 9.98. The second-order valence-corrected chi connectivity index (χ2v) is 6.00. The van der Waals surface area contributed by atoms with Crippen LogP contribution in [0.5, 0.6) is 17.2 Å². The second-order valence-electron chi connectivity index (χ2n) is 5.56. The zero-order valence-electron chi connectivity index (χ0n) is 14.8. The summed E-state index contributed by atoms with van der Waals surface area (Å²) in [5.41, 5.74) is 3.94. The molecule has 0 saturated carbocycles. The molecule has 0 aromatic heterocycles. The largest absolute Gasteiger partial charge is 0.504 e.